The second-order valence-electron chi connectivity index (χ2n) is 9.16. The van der Waals surface area contributed by atoms with Crippen LogP contribution in [-0.2, 0) is 10.4 Å². The number of aliphatic hydroxyl groups is 1. The Labute approximate surface area is 186 Å². The summed E-state index contributed by atoms with van der Waals surface area (Å²) in [5.41, 5.74) is 0.998. The van der Waals surface area contributed by atoms with Gasteiger partial charge in [0.15, 0.2) is 0 Å². The molecule has 0 atom stereocenters. The lowest BCUT2D eigenvalue weighted by molar-refractivity contribution is -0.132. The third kappa shape index (κ3) is 5.19. The number of amides is 1. The van der Waals surface area contributed by atoms with Gasteiger partial charge in [-0.25, -0.2) is 0 Å². The fraction of sp³-hybridized carbons (Fsp3) is 0.519. The van der Waals surface area contributed by atoms with Crippen LogP contribution in [0, 0.1) is 5.92 Å². The highest BCUT2D eigenvalue weighted by atomic mass is 16.3. The number of rotatable bonds is 7. The van der Waals surface area contributed by atoms with Gasteiger partial charge in [0.2, 0.25) is 5.91 Å². The molecule has 2 saturated heterocycles. The SMILES string of the molecule is O=C(CCCN1CCC(C(O)(c2ccccc2)c2ccccc2)CC1)N1CCCCC1. The van der Waals surface area contributed by atoms with E-state index in [4.69, 9.17) is 0 Å². The first kappa shape index (κ1) is 22.0. The van der Waals surface area contributed by atoms with E-state index in [1.165, 1.54) is 6.42 Å². The zero-order chi connectivity index (χ0) is 21.5. The summed E-state index contributed by atoms with van der Waals surface area (Å²) in [6.45, 7) is 4.82. The van der Waals surface area contributed by atoms with Gasteiger partial charge in [-0.15, -0.1) is 0 Å². The fourth-order valence-electron chi connectivity index (χ4n) is 5.35. The highest BCUT2D eigenvalue weighted by molar-refractivity contribution is 5.76. The third-order valence-corrected chi connectivity index (χ3v) is 7.18. The van der Waals surface area contributed by atoms with Crippen LogP contribution in [0.2, 0.25) is 0 Å². The van der Waals surface area contributed by atoms with E-state index in [0.29, 0.717) is 12.3 Å². The van der Waals surface area contributed by atoms with Crippen LogP contribution in [0.15, 0.2) is 60.7 Å². The molecular weight excluding hydrogens is 384 g/mol. The van der Waals surface area contributed by atoms with E-state index in [1.54, 1.807) is 0 Å². The molecule has 2 aromatic rings. The van der Waals surface area contributed by atoms with Crippen LogP contribution in [0.1, 0.15) is 56.1 Å². The summed E-state index contributed by atoms with van der Waals surface area (Å²) in [5, 5.41) is 12.0. The smallest absolute Gasteiger partial charge is 0.222 e. The maximum Gasteiger partial charge on any atom is 0.222 e. The molecule has 0 aliphatic carbocycles. The maximum absolute atomic E-state index is 12.4. The molecule has 31 heavy (non-hydrogen) atoms. The molecule has 0 bridgehead atoms. The summed E-state index contributed by atoms with van der Waals surface area (Å²) in [7, 11) is 0. The number of hydrogen-bond donors (Lipinski definition) is 1. The summed E-state index contributed by atoms with van der Waals surface area (Å²) < 4.78 is 0. The second kappa shape index (κ2) is 10.4. The van der Waals surface area contributed by atoms with E-state index in [9.17, 15) is 9.90 Å². The van der Waals surface area contributed by atoms with Gasteiger partial charge >= 0.3 is 0 Å². The quantitative estimate of drug-likeness (QED) is 0.721. The molecule has 166 valence electrons. The Hall–Kier alpha value is -2.17. The highest BCUT2D eigenvalue weighted by Crippen LogP contribution is 2.41. The number of carbonyl (C=O) groups excluding carboxylic acids is 1. The molecule has 0 saturated carbocycles. The monoisotopic (exact) mass is 420 g/mol. The van der Waals surface area contributed by atoms with Crippen molar-refractivity contribution in [2.75, 3.05) is 32.7 Å². The molecule has 2 aliphatic heterocycles. The molecule has 0 aromatic heterocycles. The second-order valence-corrected chi connectivity index (χ2v) is 9.16. The van der Waals surface area contributed by atoms with Crippen LogP contribution < -0.4 is 0 Å². The van der Waals surface area contributed by atoms with E-state index in [0.717, 1.165) is 76.0 Å². The minimum absolute atomic E-state index is 0.184. The van der Waals surface area contributed by atoms with Crippen molar-refractivity contribution in [3.05, 3.63) is 71.8 Å². The summed E-state index contributed by atoms with van der Waals surface area (Å²) in [5.74, 6) is 0.514. The molecule has 4 rings (SSSR count). The topological polar surface area (TPSA) is 43.8 Å². The molecular formula is C27H36N2O2. The van der Waals surface area contributed by atoms with Crippen molar-refractivity contribution in [1.82, 2.24) is 9.80 Å². The minimum atomic E-state index is -0.959. The zero-order valence-corrected chi connectivity index (χ0v) is 18.6. The van der Waals surface area contributed by atoms with Crippen LogP contribution in [0.4, 0.5) is 0 Å². The van der Waals surface area contributed by atoms with Crippen molar-refractivity contribution in [3.8, 4) is 0 Å². The number of nitrogens with zero attached hydrogens (tertiary/aromatic N) is 2. The van der Waals surface area contributed by atoms with E-state index >= 15 is 0 Å². The zero-order valence-electron chi connectivity index (χ0n) is 18.6. The van der Waals surface area contributed by atoms with Crippen molar-refractivity contribution in [2.45, 2.75) is 50.5 Å². The number of piperidine rings is 2. The Bertz CT molecular complexity index is 770. The number of likely N-dealkylation sites (tertiary alicyclic amines) is 2. The first-order valence-electron chi connectivity index (χ1n) is 12.0. The minimum Gasteiger partial charge on any atom is -0.380 e. The van der Waals surface area contributed by atoms with Gasteiger partial charge in [-0.3, -0.25) is 4.79 Å². The average Bonchev–Trinajstić information content (AvgIpc) is 2.85. The number of hydrogen-bond acceptors (Lipinski definition) is 3. The Morgan fingerprint density at radius 3 is 1.94 bits per heavy atom. The first-order chi connectivity index (χ1) is 15.2. The maximum atomic E-state index is 12.4. The van der Waals surface area contributed by atoms with Crippen molar-refractivity contribution in [1.29, 1.82) is 0 Å². The van der Waals surface area contributed by atoms with Gasteiger partial charge in [-0.1, -0.05) is 60.7 Å². The van der Waals surface area contributed by atoms with Crippen LogP contribution in [0.5, 0.6) is 0 Å². The molecule has 1 amide bonds. The Morgan fingerprint density at radius 2 is 1.39 bits per heavy atom. The molecule has 0 radical (unpaired) electrons. The van der Waals surface area contributed by atoms with E-state index in [-0.39, 0.29) is 5.92 Å². The van der Waals surface area contributed by atoms with Crippen LogP contribution in [0.25, 0.3) is 0 Å². The predicted molar refractivity (Wildman–Crippen MR) is 125 cm³/mol. The molecule has 2 fully saturated rings. The first-order valence-corrected chi connectivity index (χ1v) is 12.0. The van der Waals surface area contributed by atoms with E-state index in [1.807, 2.05) is 60.7 Å². The van der Waals surface area contributed by atoms with Gasteiger partial charge < -0.3 is 14.9 Å². The van der Waals surface area contributed by atoms with Gasteiger partial charge in [0.05, 0.1) is 0 Å². The van der Waals surface area contributed by atoms with Gasteiger partial charge in [-0.2, -0.15) is 0 Å². The lowest BCUT2D eigenvalue weighted by Crippen LogP contribution is -2.44. The summed E-state index contributed by atoms with van der Waals surface area (Å²) >= 11 is 0. The molecule has 2 aromatic carbocycles. The highest BCUT2D eigenvalue weighted by Gasteiger charge is 2.41. The lowest BCUT2D eigenvalue weighted by atomic mass is 9.72. The summed E-state index contributed by atoms with van der Waals surface area (Å²) in [4.78, 5) is 16.9. The van der Waals surface area contributed by atoms with Gasteiger partial charge in [0.1, 0.15) is 5.60 Å². The normalized spacial score (nSPS) is 18.8. The average molecular weight is 421 g/mol. The predicted octanol–water partition coefficient (Wildman–Crippen LogP) is 4.43. The van der Waals surface area contributed by atoms with Crippen molar-refractivity contribution in [2.24, 2.45) is 5.92 Å². The van der Waals surface area contributed by atoms with Crippen molar-refractivity contribution in [3.63, 3.8) is 0 Å². The Kier molecular flexibility index (Phi) is 7.41. The van der Waals surface area contributed by atoms with Crippen molar-refractivity contribution < 1.29 is 9.90 Å². The van der Waals surface area contributed by atoms with Crippen LogP contribution in [-0.4, -0.2) is 53.5 Å². The van der Waals surface area contributed by atoms with Crippen LogP contribution in [0.3, 0.4) is 0 Å². The van der Waals surface area contributed by atoms with Gasteiger partial charge in [0.25, 0.3) is 0 Å². The standard InChI is InChI=1S/C27H36N2O2/c30-26(29-19-8-3-9-20-29)15-10-18-28-21-16-25(17-22-28)27(31,23-11-4-1-5-12-23)24-13-6-2-7-14-24/h1-2,4-7,11-14,25,31H,3,8-10,15-22H2. The lowest BCUT2D eigenvalue weighted by Gasteiger charge is -2.42. The molecule has 4 heteroatoms. The van der Waals surface area contributed by atoms with E-state index < -0.39 is 5.60 Å². The fourth-order valence-corrected chi connectivity index (χ4v) is 5.35. The summed E-state index contributed by atoms with van der Waals surface area (Å²) in [6.07, 6.45) is 7.09. The van der Waals surface area contributed by atoms with Crippen LogP contribution >= 0.6 is 0 Å². The Balaban J connectivity index is 1.33. The molecule has 1 N–H and O–H groups in total. The number of benzene rings is 2. The van der Waals surface area contributed by atoms with E-state index in [2.05, 4.69) is 9.80 Å². The molecule has 2 aliphatic rings. The molecule has 0 spiro atoms. The van der Waals surface area contributed by atoms with Crippen molar-refractivity contribution >= 4 is 5.91 Å². The van der Waals surface area contributed by atoms with Gasteiger partial charge in [-0.05, 0) is 75.2 Å². The molecule has 0 unspecified atom stereocenters. The summed E-state index contributed by atoms with van der Waals surface area (Å²) in [6, 6.07) is 20.2. The Morgan fingerprint density at radius 1 is 0.839 bits per heavy atom. The van der Waals surface area contributed by atoms with Gasteiger partial charge in [0, 0.05) is 19.5 Å². The largest absolute Gasteiger partial charge is 0.380 e. The molecule has 4 nitrogen and oxygen atoms in total. The third-order valence-electron chi connectivity index (χ3n) is 7.18. The number of carbonyl (C=O) groups is 1. The molecule has 2 heterocycles.